The van der Waals surface area contributed by atoms with E-state index >= 15 is 0 Å². The number of amides is 1. The van der Waals surface area contributed by atoms with E-state index in [0.29, 0.717) is 19.6 Å². The zero-order valence-corrected chi connectivity index (χ0v) is 12.5. The molecule has 1 saturated heterocycles. The Hall–Kier alpha value is -1.59. The lowest BCUT2D eigenvalue weighted by Gasteiger charge is -2.29. The topological polar surface area (TPSA) is 61.8 Å². The second-order valence-corrected chi connectivity index (χ2v) is 5.44. The third-order valence-electron chi connectivity index (χ3n) is 3.76. The van der Waals surface area contributed by atoms with E-state index in [4.69, 9.17) is 4.74 Å². The van der Waals surface area contributed by atoms with Gasteiger partial charge >= 0.3 is 0 Å². The lowest BCUT2D eigenvalue weighted by atomic mass is 10.1. The van der Waals surface area contributed by atoms with Crippen LogP contribution in [0.1, 0.15) is 18.4 Å². The second-order valence-electron chi connectivity index (χ2n) is 5.44. The van der Waals surface area contributed by atoms with Gasteiger partial charge in [-0.25, -0.2) is 0 Å². The molecule has 1 amide bonds. The first-order valence-electron chi connectivity index (χ1n) is 7.48. The quantitative estimate of drug-likeness (QED) is 0.814. The minimum Gasteiger partial charge on any atom is -0.496 e. The van der Waals surface area contributed by atoms with Crippen molar-refractivity contribution in [3.63, 3.8) is 0 Å². The van der Waals surface area contributed by atoms with Crippen LogP contribution in [-0.2, 0) is 11.2 Å². The Labute approximate surface area is 125 Å². The molecule has 1 aromatic rings. The first kappa shape index (κ1) is 15.8. The lowest BCUT2D eigenvalue weighted by Crippen LogP contribution is -2.44. The predicted octanol–water partition coefficient (Wildman–Crippen LogP) is 0.811. The van der Waals surface area contributed by atoms with Gasteiger partial charge in [0, 0.05) is 13.1 Å². The van der Waals surface area contributed by atoms with E-state index < -0.39 is 0 Å². The number of methoxy groups -OCH3 is 1. The highest BCUT2D eigenvalue weighted by Gasteiger charge is 2.19. The van der Waals surface area contributed by atoms with Crippen LogP contribution in [0, 0.1) is 0 Å². The van der Waals surface area contributed by atoms with E-state index in [1.807, 2.05) is 29.2 Å². The molecule has 116 valence electrons. The van der Waals surface area contributed by atoms with Crippen LogP contribution >= 0.6 is 0 Å². The molecule has 1 atom stereocenters. The van der Waals surface area contributed by atoms with E-state index in [0.717, 1.165) is 37.1 Å². The smallest absolute Gasteiger partial charge is 0.234 e. The number of rotatable bonds is 6. The van der Waals surface area contributed by atoms with Crippen LogP contribution in [0.15, 0.2) is 24.3 Å². The van der Waals surface area contributed by atoms with Crippen molar-refractivity contribution in [2.45, 2.75) is 25.4 Å². The maximum absolute atomic E-state index is 11.9. The molecule has 2 rings (SSSR count). The van der Waals surface area contributed by atoms with Gasteiger partial charge in [0.15, 0.2) is 0 Å². The zero-order chi connectivity index (χ0) is 15.1. The Morgan fingerprint density at radius 1 is 1.48 bits per heavy atom. The summed E-state index contributed by atoms with van der Waals surface area (Å²) in [4.78, 5) is 13.9. The summed E-state index contributed by atoms with van der Waals surface area (Å²) < 4.78 is 5.29. The molecule has 0 bridgehead atoms. The molecule has 0 radical (unpaired) electrons. The molecule has 0 aliphatic carbocycles. The van der Waals surface area contributed by atoms with Crippen molar-refractivity contribution in [1.29, 1.82) is 0 Å². The number of nitrogens with zero attached hydrogens (tertiary/aromatic N) is 1. The Bertz CT molecular complexity index is 465. The van der Waals surface area contributed by atoms with Crippen LogP contribution in [0.4, 0.5) is 0 Å². The summed E-state index contributed by atoms with van der Waals surface area (Å²) in [6, 6.07) is 7.83. The number of hydrogen-bond donors (Lipinski definition) is 2. The third-order valence-corrected chi connectivity index (χ3v) is 3.76. The molecule has 21 heavy (non-hydrogen) atoms. The predicted molar refractivity (Wildman–Crippen MR) is 81.4 cm³/mol. The van der Waals surface area contributed by atoms with Gasteiger partial charge in [0.25, 0.3) is 0 Å². The summed E-state index contributed by atoms with van der Waals surface area (Å²) in [7, 11) is 1.65. The number of ether oxygens (including phenoxy) is 1. The third kappa shape index (κ3) is 5.02. The average Bonchev–Trinajstić information content (AvgIpc) is 2.47. The molecule has 5 heteroatoms. The minimum absolute atomic E-state index is 0.0130. The monoisotopic (exact) mass is 292 g/mol. The van der Waals surface area contributed by atoms with Crippen molar-refractivity contribution in [3.05, 3.63) is 29.8 Å². The molecule has 0 unspecified atom stereocenters. The van der Waals surface area contributed by atoms with Crippen molar-refractivity contribution in [1.82, 2.24) is 10.2 Å². The highest BCUT2D eigenvalue weighted by molar-refractivity contribution is 5.78. The number of aliphatic hydroxyl groups is 1. The number of hydrogen-bond acceptors (Lipinski definition) is 4. The van der Waals surface area contributed by atoms with Gasteiger partial charge in [0.05, 0.1) is 19.8 Å². The Kier molecular flexibility index (Phi) is 6.02. The number of likely N-dealkylation sites (tertiary alicyclic amines) is 1. The van der Waals surface area contributed by atoms with Crippen molar-refractivity contribution in [2.75, 3.05) is 33.3 Å². The number of carbonyl (C=O) groups is 1. The van der Waals surface area contributed by atoms with Gasteiger partial charge in [-0.2, -0.15) is 0 Å². The molecule has 2 N–H and O–H groups in total. The first-order chi connectivity index (χ1) is 10.2. The van der Waals surface area contributed by atoms with Gasteiger partial charge in [-0.3, -0.25) is 9.69 Å². The molecular formula is C16H24N2O3. The zero-order valence-electron chi connectivity index (χ0n) is 12.5. The van der Waals surface area contributed by atoms with Crippen LogP contribution in [0.3, 0.4) is 0 Å². The van der Waals surface area contributed by atoms with Crippen LogP contribution in [0.2, 0.25) is 0 Å². The standard InChI is InChI=1S/C16H24N2O3/c1-21-15-7-3-2-5-13(15)8-9-17-16(20)12-18-10-4-6-14(19)11-18/h2-3,5,7,14,19H,4,6,8-12H2,1H3,(H,17,20)/t14-/m0/s1. The largest absolute Gasteiger partial charge is 0.496 e. The maximum atomic E-state index is 11.9. The van der Waals surface area contributed by atoms with Gasteiger partial charge in [0.2, 0.25) is 5.91 Å². The van der Waals surface area contributed by atoms with E-state index in [-0.39, 0.29) is 12.0 Å². The normalized spacial score (nSPS) is 19.2. The fourth-order valence-corrected chi connectivity index (χ4v) is 2.68. The van der Waals surface area contributed by atoms with Gasteiger partial charge in [-0.1, -0.05) is 18.2 Å². The number of aliphatic hydroxyl groups excluding tert-OH is 1. The molecule has 0 spiro atoms. The van der Waals surface area contributed by atoms with E-state index in [9.17, 15) is 9.90 Å². The molecule has 1 aliphatic heterocycles. The average molecular weight is 292 g/mol. The molecule has 1 aromatic carbocycles. The van der Waals surface area contributed by atoms with Crippen molar-refractivity contribution >= 4 is 5.91 Å². The number of benzene rings is 1. The summed E-state index contributed by atoms with van der Waals surface area (Å²) in [6.07, 6.45) is 2.25. The SMILES string of the molecule is COc1ccccc1CCNC(=O)CN1CCC[C@H](O)C1. The van der Waals surface area contributed by atoms with Crippen LogP contribution < -0.4 is 10.1 Å². The molecular weight excluding hydrogens is 268 g/mol. The highest BCUT2D eigenvalue weighted by Crippen LogP contribution is 2.17. The summed E-state index contributed by atoms with van der Waals surface area (Å²) in [5.41, 5.74) is 1.09. The molecule has 5 nitrogen and oxygen atoms in total. The van der Waals surface area contributed by atoms with Gasteiger partial charge in [-0.15, -0.1) is 0 Å². The summed E-state index contributed by atoms with van der Waals surface area (Å²) in [5.74, 6) is 0.866. The first-order valence-corrected chi connectivity index (χ1v) is 7.48. The Balaban J connectivity index is 1.71. The van der Waals surface area contributed by atoms with Crippen molar-refractivity contribution in [3.8, 4) is 5.75 Å². The van der Waals surface area contributed by atoms with Crippen LogP contribution in [0.5, 0.6) is 5.75 Å². The van der Waals surface area contributed by atoms with E-state index in [1.165, 1.54) is 0 Å². The molecule has 0 aromatic heterocycles. The number of β-amino-alcohol motifs (C(OH)–C–C–N with tert-alkyl or cyclic N) is 1. The Morgan fingerprint density at radius 2 is 2.29 bits per heavy atom. The van der Waals surface area contributed by atoms with Gasteiger partial charge in [-0.05, 0) is 37.4 Å². The number of nitrogens with one attached hydrogen (secondary N) is 1. The number of para-hydroxylation sites is 1. The van der Waals surface area contributed by atoms with Gasteiger partial charge in [0.1, 0.15) is 5.75 Å². The molecule has 1 fully saturated rings. The lowest BCUT2D eigenvalue weighted by molar-refractivity contribution is -0.122. The Morgan fingerprint density at radius 3 is 3.05 bits per heavy atom. The fraction of sp³-hybridized carbons (Fsp3) is 0.562. The highest BCUT2D eigenvalue weighted by atomic mass is 16.5. The second kappa shape index (κ2) is 8.00. The number of carbonyl (C=O) groups excluding carboxylic acids is 1. The molecule has 1 aliphatic rings. The van der Waals surface area contributed by atoms with E-state index in [2.05, 4.69) is 5.32 Å². The molecule has 1 heterocycles. The van der Waals surface area contributed by atoms with Crippen LogP contribution in [0.25, 0.3) is 0 Å². The van der Waals surface area contributed by atoms with Crippen molar-refractivity contribution in [2.24, 2.45) is 0 Å². The van der Waals surface area contributed by atoms with E-state index in [1.54, 1.807) is 7.11 Å². The fourth-order valence-electron chi connectivity index (χ4n) is 2.68. The van der Waals surface area contributed by atoms with Gasteiger partial charge < -0.3 is 15.2 Å². The molecule has 0 saturated carbocycles. The van der Waals surface area contributed by atoms with Crippen LogP contribution in [-0.4, -0.2) is 55.3 Å². The minimum atomic E-state index is -0.292. The summed E-state index contributed by atoms with van der Waals surface area (Å²) in [5, 5.41) is 12.5. The maximum Gasteiger partial charge on any atom is 0.234 e. The van der Waals surface area contributed by atoms with Crippen molar-refractivity contribution < 1.29 is 14.6 Å². The summed E-state index contributed by atoms with van der Waals surface area (Å²) in [6.45, 7) is 2.44. The summed E-state index contributed by atoms with van der Waals surface area (Å²) >= 11 is 0. The number of piperidine rings is 1.